The predicted molar refractivity (Wildman–Crippen MR) is 94.5 cm³/mol. The van der Waals surface area contributed by atoms with Gasteiger partial charge in [-0.15, -0.1) is 0 Å². The summed E-state index contributed by atoms with van der Waals surface area (Å²) < 4.78 is 0. The SMILES string of the molecule is CC(C)(C)c1ccccc1NC(=O)CC(=O)NCc1cccnc1. The fourth-order valence-corrected chi connectivity index (χ4v) is 2.35. The topological polar surface area (TPSA) is 71.1 Å². The molecule has 2 amide bonds. The van der Waals surface area contributed by atoms with Crippen molar-refractivity contribution in [3.05, 3.63) is 59.9 Å². The molecule has 0 saturated heterocycles. The van der Waals surface area contributed by atoms with Gasteiger partial charge in [0, 0.05) is 24.6 Å². The van der Waals surface area contributed by atoms with Crippen LogP contribution in [-0.4, -0.2) is 16.8 Å². The zero-order valence-corrected chi connectivity index (χ0v) is 14.3. The molecule has 0 aliphatic rings. The van der Waals surface area contributed by atoms with Crippen LogP contribution in [0.5, 0.6) is 0 Å². The molecule has 1 heterocycles. The van der Waals surface area contributed by atoms with Crippen molar-refractivity contribution in [1.29, 1.82) is 0 Å². The van der Waals surface area contributed by atoms with Gasteiger partial charge in [0.25, 0.3) is 0 Å². The second kappa shape index (κ2) is 7.73. The third kappa shape index (κ3) is 5.19. The van der Waals surface area contributed by atoms with Crippen LogP contribution >= 0.6 is 0 Å². The van der Waals surface area contributed by atoms with E-state index in [9.17, 15) is 9.59 Å². The highest BCUT2D eigenvalue weighted by Gasteiger charge is 2.19. The van der Waals surface area contributed by atoms with Crippen LogP contribution in [-0.2, 0) is 21.5 Å². The van der Waals surface area contributed by atoms with Gasteiger partial charge in [-0.05, 0) is 28.7 Å². The zero-order chi connectivity index (χ0) is 17.6. The molecule has 5 nitrogen and oxygen atoms in total. The molecular formula is C19H23N3O2. The Labute approximate surface area is 142 Å². The van der Waals surface area contributed by atoms with Crippen molar-refractivity contribution in [2.24, 2.45) is 0 Å². The number of nitrogens with zero attached hydrogens (tertiary/aromatic N) is 1. The van der Waals surface area contributed by atoms with E-state index in [1.807, 2.05) is 30.3 Å². The summed E-state index contributed by atoms with van der Waals surface area (Å²) in [6, 6.07) is 11.3. The van der Waals surface area contributed by atoms with E-state index >= 15 is 0 Å². The molecule has 0 fully saturated rings. The Hall–Kier alpha value is -2.69. The second-order valence-electron chi connectivity index (χ2n) is 6.66. The maximum absolute atomic E-state index is 12.1. The van der Waals surface area contributed by atoms with Gasteiger partial charge in [-0.25, -0.2) is 0 Å². The van der Waals surface area contributed by atoms with Crippen LogP contribution in [0.2, 0.25) is 0 Å². The number of anilines is 1. The molecule has 2 aromatic rings. The Bertz CT molecular complexity index is 706. The lowest BCUT2D eigenvalue weighted by atomic mass is 9.86. The lowest BCUT2D eigenvalue weighted by molar-refractivity contribution is -0.126. The molecule has 0 bridgehead atoms. The first-order valence-corrected chi connectivity index (χ1v) is 7.91. The molecule has 0 radical (unpaired) electrons. The second-order valence-corrected chi connectivity index (χ2v) is 6.66. The molecule has 0 spiro atoms. The number of carbonyl (C=O) groups excluding carboxylic acids is 2. The number of pyridine rings is 1. The molecule has 2 rings (SSSR count). The first-order valence-electron chi connectivity index (χ1n) is 7.91. The smallest absolute Gasteiger partial charge is 0.233 e. The molecule has 2 N–H and O–H groups in total. The van der Waals surface area contributed by atoms with Gasteiger partial charge in [-0.3, -0.25) is 14.6 Å². The molecule has 5 heteroatoms. The van der Waals surface area contributed by atoms with Gasteiger partial charge in [-0.2, -0.15) is 0 Å². The number of hydrogen-bond donors (Lipinski definition) is 2. The summed E-state index contributed by atoms with van der Waals surface area (Å²) in [6.45, 7) is 6.61. The van der Waals surface area contributed by atoms with Crippen molar-refractivity contribution in [3.8, 4) is 0 Å². The lowest BCUT2D eigenvalue weighted by Gasteiger charge is -2.22. The van der Waals surface area contributed by atoms with Crippen molar-refractivity contribution >= 4 is 17.5 Å². The molecule has 24 heavy (non-hydrogen) atoms. The summed E-state index contributed by atoms with van der Waals surface area (Å²) in [6.07, 6.45) is 3.14. The third-order valence-electron chi connectivity index (χ3n) is 3.54. The largest absolute Gasteiger partial charge is 0.352 e. The molecule has 1 aromatic carbocycles. The van der Waals surface area contributed by atoms with Gasteiger partial charge >= 0.3 is 0 Å². The fourth-order valence-electron chi connectivity index (χ4n) is 2.35. The number of amides is 2. The van der Waals surface area contributed by atoms with E-state index in [1.165, 1.54) is 0 Å². The average Bonchev–Trinajstić information content (AvgIpc) is 2.53. The summed E-state index contributed by atoms with van der Waals surface area (Å²) in [4.78, 5) is 28.0. The van der Waals surface area contributed by atoms with Crippen molar-refractivity contribution in [3.63, 3.8) is 0 Å². The maximum atomic E-state index is 12.1. The van der Waals surface area contributed by atoms with Gasteiger partial charge < -0.3 is 10.6 Å². The minimum absolute atomic E-state index is 0.0908. The number of aromatic nitrogens is 1. The van der Waals surface area contributed by atoms with Crippen LogP contribution in [0.25, 0.3) is 0 Å². The highest BCUT2D eigenvalue weighted by Crippen LogP contribution is 2.29. The molecule has 0 atom stereocenters. The van der Waals surface area contributed by atoms with Gasteiger partial charge in [0.2, 0.25) is 11.8 Å². The number of nitrogens with one attached hydrogen (secondary N) is 2. The van der Waals surface area contributed by atoms with Gasteiger partial charge in [0.05, 0.1) is 0 Å². The first kappa shape index (κ1) is 17.7. The maximum Gasteiger partial charge on any atom is 0.233 e. The van der Waals surface area contributed by atoms with Crippen LogP contribution in [0.4, 0.5) is 5.69 Å². The van der Waals surface area contributed by atoms with Crippen molar-refractivity contribution in [2.75, 3.05) is 5.32 Å². The molecule has 126 valence electrons. The number of hydrogen-bond acceptors (Lipinski definition) is 3. The van der Waals surface area contributed by atoms with E-state index in [0.29, 0.717) is 6.54 Å². The Balaban J connectivity index is 1.90. The van der Waals surface area contributed by atoms with Crippen LogP contribution in [0.1, 0.15) is 38.3 Å². The molecule has 1 aromatic heterocycles. The van der Waals surface area contributed by atoms with E-state index in [2.05, 4.69) is 36.4 Å². The van der Waals surface area contributed by atoms with Crippen LogP contribution < -0.4 is 10.6 Å². The van der Waals surface area contributed by atoms with Crippen LogP contribution in [0.15, 0.2) is 48.8 Å². The van der Waals surface area contributed by atoms with Gasteiger partial charge in [0.15, 0.2) is 0 Å². The third-order valence-corrected chi connectivity index (χ3v) is 3.54. The standard InChI is InChI=1S/C19H23N3O2/c1-19(2,3)15-8-4-5-9-16(15)22-18(24)11-17(23)21-13-14-7-6-10-20-12-14/h4-10,12H,11,13H2,1-3H3,(H,21,23)(H,22,24). The quantitative estimate of drug-likeness (QED) is 0.830. The highest BCUT2D eigenvalue weighted by molar-refractivity contribution is 6.03. The Morgan fingerprint density at radius 3 is 2.46 bits per heavy atom. The van der Waals surface area contributed by atoms with Crippen molar-refractivity contribution in [2.45, 2.75) is 39.2 Å². The Kier molecular flexibility index (Phi) is 5.68. The number of benzene rings is 1. The first-order chi connectivity index (χ1) is 11.4. The average molecular weight is 325 g/mol. The monoisotopic (exact) mass is 325 g/mol. The van der Waals surface area contributed by atoms with E-state index in [-0.39, 0.29) is 23.7 Å². The number of para-hydroxylation sites is 1. The zero-order valence-electron chi connectivity index (χ0n) is 14.3. The number of carbonyl (C=O) groups is 2. The summed E-state index contributed by atoms with van der Waals surface area (Å²) in [5, 5.41) is 5.55. The fraction of sp³-hybridized carbons (Fsp3) is 0.316. The number of rotatable bonds is 5. The minimum atomic E-state index is -0.324. The van der Waals surface area contributed by atoms with E-state index in [0.717, 1.165) is 16.8 Å². The molecule has 0 aliphatic heterocycles. The van der Waals surface area contributed by atoms with Crippen LogP contribution in [0, 0.1) is 0 Å². The van der Waals surface area contributed by atoms with E-state index in [4.69, 9.17) is 0 Å². The normalized spacial score (nSPS) is 11.0. The van der Waals surface area contributed by atoms with E-state index in [1.54, 1.807) is 18.5 Å². The van der Waals surface area contributed by atoms with Crippen molar-refractivity contribution < 1.29 is 9.59 Å². The van der Waals surface area contributed by atoms with Crippen molar-refractivity contribution in [1.82, 2.24) is 10.3 Å². The van der Waals surface area contributed by atoms with Gasteiger partial charge in [-0.1, -0.05) is 45.0 Å². The Morgan fingerprint density at radius 1 is 1.04 bits per heavy atom. The Morgan fingerprint density at radius 2 is 1.79 bits per heavy atom. The van der Waals surface area contributed by atoms with E-state index < -0.39 is 0 Å². The highest BCUT2D eigenvalue weighted by atomic mass is 16.2. The summed E-state index contributed by atoms with van der Waals surface area (Å²) >= 11 is 0. The summed E-state index contributed by atoms with van der Waals surface area (Å²) in [7, 11) is 0. The lowest BCUT2D eigenvalue weighted by Crippen LogP contribution is -2.28. The molecular weight excluding hydrogens is 302 g/mol. The predicted octanol–water partition coefficient (Wildman–Crippen LogP) is 3.02. The molecule has 0 unspecified atom stereocenters. The summed E-state index contributed by atoms with van der Waals surface area (Å²) in [5.41, 5.74) is 2.58. The van der Waals surface area contributed by atoms with Gasteiger partial charge in [0.1, 0.15) is 6.42 Å². The molecule has 0 aliphatic carbocycles. The molecule has 0 saturated carbocycles. The minimum Gasteiger partial charge on any atom is -0.352 e. The van der Waals surface area contributed by atoms with Crippen LogP contribution in [0.3, 0.4) is 0 Å². The summed E-state index contributed by atoms with van der Waals surface area (Å²) in [5.74, 6) is -0.639.